The van der Waals surface area contributed by atoms with E-state index in [4.69, 9.17) is 4.98 Å². The van der Waals surface area contributed by atoms with Gasteiger partial charge in [-0.25, -0.2) is 9.78 Å². The third-order valence-corrected chi connectivity index (χ3v) is 7.32. The number of anilines is 3. The van der Waals surface area contributed by atoms with E-state index in [9.17, 15) is 14.7 Å². The lowest BCUT2D eigenvalue weighted by Gasteiger charge is -2.38. The van der Waals surface area contributed by atoms with Crippen LogP contribution in [0.4, 0.5) is 17.2 Å². The molecule has 5 rings (SSSR count). The van der Waals surface area contributed by atoms with Gasteiger partial charge in [0.05, 0.1) is 17.2 Å². The Hall–Kier alpha value is -4.33. The molecule has 0 saturated carbocycles. The van der Waals surface area contributed by atoms with Gasteiger partial charge < -0.3 is 20.2 Å². The summed E-state index contributed by atoms with van der Waals surface area (Å²) >= 11 is 0. The predicted octanol–water partition coefficient (Wildman–Crippen LogP) is 4.82. The predicted molar refractivity (Wildman–Crippen MR) is 152 cm³/mol. The Morgan fingerprint density at radius 2 is 1.63 bits per heavy atom. The molecule has 2 aromatic carbocycles. The quantitative estimate of drug-likeness (QED) is 0.384. The van der Waals surface area contributed by atoms with Gasteiger partial charge in [-0.1, -0.05) is 30.3 Å². The minimum atomic E-state index is -0.994. The van der Waals surface area contributed by atoms with Crippen molar-refractivity contribution >= 4 is 28.8 Å². The van der Waals surface area contributed by atoms with Crippen LogP contribution < -0.4 is 20.7 Å². The van der Waals surface area contributed by atoms with Crippen LogP contribution in [-0.2, 0) is 0 Å². The van der Waals surface area contributed by atoms with E-state index < -0.39 is 5.97 Å². The maximum absolute atomic E-state index is 13.5. The van der Waals surface area contributed by atoms with Gasteiger partial charge in [-0.3, -0.25) is 9.20 Å². The molecule has 38 heavy (non-hydrogen) atoms. The maximum atomic E-state index is 13.5. The van der Waals surface area contributed by atoms with Gasteiger partial charge in [-0.05, 0) is 63.1 Å². The standard InChI is InChI=1S/C30H33N5O3/c1-19-17-24(22(4)31-25-11-7-6-10-23(25)30(37)38)28-32-27(21(3)29(36)35(28)18-19)34-15-13-33(14-16-34)26-12-8-5-9-20(26)2/h5-12,17-18,22,31H,13-16H2,1-4H3,(H,37,38)/t22-/m1/s1. The van der Waals surface area contributed by atoms with Crippen molar-refractivity contribution in [2.24, 2.45) is 0 Å². The summed E-state index contributed by atoms with van der Waals surface area (Å²) in [7, 11) is 0. The first-order chi connectivity index (χ1) is 18.2. The summed E-state index contributed by atoms with van der Waals surface area (Å²) in [6.07, 6.45) is 1.82. The van der Waals surface area contributed by atoms with Crippen molar-refractivity contribution in [2.45, 2.75) is 33.7 Å². The Morgan fingerprint density at radius 1 is 0.974 bits per heavy atom. The number of hydrogen-bond donors (Lipinski definition) is 2. The second-order valence-electron chi connectivity index (χ2n) is 10.0. The number of piperazine rings is 1. The molecule has 0 spiro atoms. The molecule has 8 heteroatoms. The van der Waals surface area contributed by atoms with Crippen molar-refractivity contribution in [1.82, 2.24) is 9.38 Å². The number of nitrogens with zero attached hydrogens (tertiary/aromatic N) is 4. The second kappa shape index (κ2) is 10.2. The number of benzene rings is 2. The molecule has 1 saturated heterocycles. The zero-order valence-corrected chi connectivity index (χ0v) is 22.2. The van der Waals surface area contributed by atoms with Crippen LogP contribution in [0.1, 0.15) is 45.6 Å². The van der Waals surface area contributed by atoms with Crippen molar-refractivity contribution in [3.63, 3.8) is 0 Å². The van der Waals surface area contributed by atoms with E-state index in [0.29, 0.717) is 22.7 Å². The number of pyridine rings is 1. The lowest BCUT2D eigenvalue weighted by atomic mass is 10.1. The van der Waals surface area contributed by atoms with Gasteiger partial charge in [0, 0.05) is 49.3 Å². The van der Waals surface area contributed by atoms with Crippen LogP contribution in [0.3, 0.4) is 0 Å². The fourth-order valence-electron chi connectivity index (χ4n) is 5.30. The molecule has 3 heterocycles. The molecule has 1 aliphatic heterocycles. The molecule has 4 aromatic rings. The van der Waals surface area contributed by atoms with Crippen LogP contribution in [0, 0.1) is 20.8 Å². The fourth-order valence-corrected chi connectivity index (χ4v) is 5.30. The van der Waals surface area contributed by atoms with E-state index in [1.165, 1.54) is 11.3 Å². The highest BCUT2D eigenvalue weighted by Crippen LogP contribution is 2.28. The van der Waals surface area contributed by atoms with Crippen LogP contribution in [0.15, 0.2) is 65.6 Å². The number of para-hydroxylation sites is 2. The van der Waals surface area contributed by atoms with Crippen LogP contribution in [0.25, 0.3) is 5.65 Å². The third kappa shape index (κ3) is 4.69. The molecule has 0 amide bonds. The fraction of sp³-hybridized carbons (Fsp3) is 0.300. The summed E-state index contributed by atoms with van der Waals surface area (Å²) in [6.45, 7) is 11.1. The summed E-state index contributed by atoms with van der Waals surface area (Å²) < 4.78 is 1.62. The van der Waals surface area contributed by atoms with Crippen molar-refractivity contribution < 1.29 is 9.90 Å². The van der Waals surface area contributed by atoms with Crippen molar-refractivity contribution in [2.75, 3.05) is 41.3 Å². The smallest absolute Gasteiger partial charge is 0.337 e. The second-order valence-corrected chi connectivity index (χ2v) is 10.0. The third-order valence-electron chi connectivity index (χ3n) is 7.32. The summed E-state index contributed by atoms with van der Waals surface area (Å²) in [5, 5.41) is 12.9. The number of fused-ring (bicyclic) bond motifs is 1. The molecular weight excluding hydrogens is 478 g/mol. The lowest BCUT2D eigenvalue weighted by molar-refractivity contribution is 0.0698. The average Bonchev–Trinajstić information content (AvgIpc) is 2.91. The van der Waals surface area contributed by atoms with Crippen LogP contribution >= 0.6 is 0 Å². The highest BCUT2D eigenvalue weighted by Gasteiger charge is 2.24. The molecule has 1 atom stereocenters. The van der Waals surface area contributed by atoms with Gasteiger partial charge in [-0.15, -0.1) is 0 Å². The Labute approximate surface area is 222 Å². The average molecular weight is 512 g/mol. The number of carbonyl (C=O) groups is 1. The van der Waals surface area contributed by atoms with E-state index in [2.05, 4.69) is 46.3 Å². The number of aryl methyl sites for hydroxylation is 2. The molecule has 0 aliphatic carbocycles. The van der Waals surface area contributed by atoms with Crippen molar-refractivity contribution in [3.8, 4) is 0 Å². The molecular formula is C30H33N5O3. The number of hydrogen-bond acceptors (Lipinski definition) is 6. The number of rotatable bonds is 6. The Morgan fingerprint density at radius 3 is 2.34 bits per heavy atom. The molecule has 0 bridgehead atoms. The molecule has 2 N–H and O–H groups in total. The summed E-state index contributed by atoms with van der Waals surface area (Å²) in [6, 6.07) is 17.0. The minimum absolute atomic E-state index is 0.0885. The number of aromatic carboxylic acids is 1. The molecule has 0 radical (unpaired) electrons. The number of nitrogens with one attached hydrogen (secondary N) is 1. The highest BCUT2D eigenvalue weighted by molar-refractivity contribution is 5.94. The Bertz CT molecular complexity index is 1570. The molecule has 1 aliphatic rings. The van der Waals surface area contributed by atoms with Gasteiger partial charge in [0.2, 0.25) is 0 Å². The first kappa shape index (κ1) is 25.3. The van der Waals surface area contributed by atoms with Gasteiger partial charge in [0.1, 0.15) is 11.5 Å². The molecule has 2 aromatic heterocycles. The SMILES string of the molecule is Cc1cc([C@@H](C)Nc2ccccc2C(=O)O)c2nc(N3CCN(c4ccccc4C)CC3)c(C)c(=O)n2c1. The molecule has 1 fully saturated rings. The Kier molecular flexibility index (Phi) is 6.80. The van der Waals surface area contributed by atoms with E-state index in [1.54, 1.807) is 28.7 Å². The zero-order chi connectivity index (χ0) is 27.0. The van der Waals surface area contributed by atoms with Gasteiger partial charge in [0.15, 0.2) is 0 Å². The first-order valence-electron chi connectivity index (χ1n) is 12.9. The Balaban J connectivity index is 1.50. The van der Waals surface area contributed by atoms with Crippen LogP contribution in [-0.4, -0.2) is 46.6 Å². The number of aromatic nitrogens is 2. The summed E-state index contributed by atoms with van der Waals surface area (Å²) in [5.41, 5.74) is 6.10. The maximum Gasteiger partial charge on any atom is 0.337 e. The van der Waals surface area contributed by atoms with E-state index in [-0.39, 0.29) is 17.2 Å². The van der Waals surface area contributed by atoms with Crippen LogP contribution in [0.5, 0.6) is 0 Å². The molecule has 196 valence electrons. The van der Waals surface area contributed by atoms with E-state index >= 15 is 0 Å². The minimum Gasteiger partial charge on any atom is -0.478 e. The summed E-state index contributed by atoms with van der Waals surface area (Å²) in [4.78, 5) is 34.9. The molecule has 8 nitrogen and oxygen atoms in total. The van der Waals surface area contributed by atoms with Crippen LogP contribution in [0.2, 0.25) is 0 Å². The van der Waals surface area contributed by atoms with E-state index in [0.717, 1.165) is 37.3 Å². The highest BCUT2D eigenvalue weighted by atomic mass is 16.4. The molecule has 0 unspecified atom stereocenters. The number of carboxylic acids is 1. The van der Waals surface area contributed by atoms with Crippen molar-refractivity contribution in [1.29, 1.82) is 0 Å². The van der Waals surface area contributed by atoms with E-state index in [1.807, 2.05) is 33.0 Å². The number of carboxylic acid groups (broad SMARTS) is 1. The first-order valence-corrected chi connectivity index (χ1v) is 12.9. The summed E-state index contributed by atoms with van der Waals surface area (Å²) in [5.74, 6) is -0.283. The zero-order valence-electron chi connectivity index (χ0n) is 22.2. The van der Waals surface area contributed by atoms with Gasteiger partial charge >= 0.3 is 5.97 Å². The largest absolute Gasteiger partial charge is 0.478 e. The van der Waals surface area contributed by atoms with Gasteiger partial charge in [0.25, 0.3) is 5.56 Å². The van der Waals surface area contributed by atoms with Gasteiger partial charge in [-0.2, -0.15) is 0 Å². The lowest BCUT2D eigenvalue weighted by Crippen LogP contribution is -2.47. The van der Waals surface area contributed by atoms with Crippen molar-refractivity contribution in [3.05, 3.63) is 99.0 Å². The topological polar surface area (TPSA) is 90.2 Å². The normalized spacial score (nSPS) is 14.5. The monoisotopic (exact) mass is 511 g/mol.